The summed E-state index contributed by atoms with van der Waals surface area (Å²) in [7, 11) is 0. The Morgan fingerprint density at radius 3 is 2.25 bits per heavy atom. The number of benzene rings is 1. The molecular weight excluding hydrogens is 219 g/mol. The summed E-state index contributed by atoms with van der Waals surface area (Å²) in [6, 6.07) is 4.43. The molecule has 0 fully saturated rings. The third-order valence-electron chi connectivity index (χ3n) is 1.64. The van der Waals surface area contributed by atoms with Gasteiger partial charge >= 0.3 is 5.97 Å². The van der Waals surface area contributed by atoms with Gasteiger partial charge in [0, 0.05) is 5.56 Å². The highest BCUT2D eigenvalue weighted by Gasteiger charge is 2.15. The average Bonchev–Trinajstić information content (AvgIpc) is 2.26. The van der Waals surface area contributed by atoms with E-state index >= 15 is 0 Å². The van der Waals surface area contributed by atoms with Gasteiger partial charge in [-0.2, -0.15) is 0 Å². The fraction of sp³-hybridized carbons (Fsp3) is 0. The van der Waals surface area contributed by atoms with Crippen molar-refractivity contribution in [3.8, 4) is 0 Å². The first-order valence-electron chi connectivity index (χ1n) is 4.07. The van der Waals surface area contributed by atoms with Crippen LogP contribution in [0.15, 0.2) is 29.4 Å². The maximum Gasteiger partial charge on any atom is 0.375 e. The monoisotopic (exact) mass is 226 g/mol. The minimum Gasteiger partial charge on any atom is -0.475 e. The predicted molar refractivity (Wildman–Crippen MR) is 50.7 cm³/mol. The molecule has 0 spiro atoms. The average molecular weight is 226 g/mol. The van der Waals surface area contributed by atoms with Crippen LogP contribution in [0.25, 0.3) is 0 Å². The number of halogens is 1. The van der Waals surface area contributed by atoms with Gasteiger partial charge < -0.3 is 10.3 Å². The third-order valence-corrected chi connectivity index (χ3v) is 1.64. The summed E-state index contributed by atoms with van der Waals surface area (Å²) in [5.74, 6) is -3.83. The second-order valence-corrected chi connectivity index (χ2v) is 2.71. The molecule has 7 heteroatoms. The maximum atomic E-state index is 12.5. The van der Waals surface area contributed by atoms with Gasteiger partial charge in [0.05, 0.1) is 0 Å². The molecule has 16 heavy (non-hydrogen) atoms. The molecule has 1 amide bonds. The number of rotatable bonds is 1. The number of hydrogen-bond donors (Lipinski definition) is 3. The van der Waals surface area contributed by atoms with E-state index in [1.165, 1.54) is 12.1 Å². The topological polar surface area (TPSA) is 99.0 Å². The summed E-state index contributed by atoms with van der Waals surface area (Å²) in [4.78, 5) is 21.7. The number of amides is 1. The van der Waals surface area contributed by atoms with Crippen LogP contribution >= 0.6 is 0 Å². The standard InChI is InChI=1S/C9H7FN2O4/c10-6-3-1-5(2-4-6)8(13)11-7(12-16)9(14)15/h1-4,16H,(H,14,15)(H,11,12,13). The van der Waals surface area contributed by atoms with Gasteiger partial charge in [-0.3, -0.25) is 10.1 Å². The highest BCUT2D eigenvalue weighted by molar-refractivity contribution is 6.38. The Labute approximate surface area is 89.0 Å². The van der Waals surface area contributed by atoms with Crippen LogP contribution in [0.3, 0.4) is 0 Å². The van der Waals surface area contributed by atoms with Crippen LogP contribution in [0.1, 0.15) is 10.4 Å². The quantitative estimate of drug-likeness (QED) is 0.280. The van der Waals surface area contributed by atoms with Crippen LogP contribution in [0.2, 0.25) is 0 Å². The van der Waals surface area contributed by atoms with Crippen molar-refractivity contribution in [1.29, 1.82) is 0 Å². The Morgan fingerprint density at radius 2 is 1.81 bits per heavy atom. The molecule has 0 saturated heterocycles. The lowest BCUT2D eigenvalue weighted by molar-refractivity contribution is -0.129. The first-order valence-corrected chi connectivity index (χ1v) is 4.07. The van der Waals surface area contributed by atoms with E-state index in [9.17, 15) is 14.0 Å². The normalized spacial score (nSPS) is 10.9. The molecule has 0 aliphatic carbocycles. The number of aliphatic carboxylic acids is 1. The van der Waals surface area contributed by atoms with Crippen LogP contribution < -0.4 is 5.32 Å². The molecule has 0 aromatic heterocycles. The SMILES string of the molecule is O=C(O)C(=NO)NC(=O)c1ccc(F)cc1. The van der Waals surface area contributed by atoms with E-state index in [0.717, 1.165) is 12.1 Å². The van der Waals surface area contributed by atoms with Crippen LogP contribution in [0.4, 0.5) is 4.39 Å². The molecule has 1 aromatic rings. The number of carboxylic acids is 1. The zero-order valence-corrected chi connectivity index (χ0v) is 7.85. The zero-order chi connectivity index (χ0) is 12.1. The maximum absolute atomic E-state index is 12.5. The molecular formula is C9H7FN2O4. The highest BCUT2D eigenvalue weighted by Crippen LogP contribution is 2.02. The lowest BCUT2D eigenvalue weighted by atomic mass is 10.2. The fourth-order valence-electron chi connectivity index (χ4n) is 0.902. The molecule has 0 heterocycles. The lowest BCUT2D eigenvalue weighted by Crippen LogP contribution is -2.36. The van der Waals surface area contributed by atoms with E-state index in [-0.39, 0.29) is 5.56 Å². The van der Waals surface area contributed by atoms with E-state index in [2.05, 4.69) is 5.16 Å². The molecule has 0 atom stereocenters. The Bertz CT molecular complexity index is 441. The second kappa shape index (κ2) is 4.87. The fourth-order valence-corrected chi connectivity index (χ4v) is 0.902. The Kier molecular flexibility index (Phi) is 3.54. The van der Waals surface area contributed by atoms with Crippen molar-refractivity contribution in [1.82, 2.24) is 5.32 Å². The molecule has 0 unspecified atom stereocenters. The van der Waals surface area contributed by atoms with Gasteiger partial charge in [-0.1, -0.05) is 5.16 Å². The number of carboxylic acid groups (broad SMARTS) is 1. The van der Waals surface area contributed by atoms with Gasteiger partial charge in [0.2, 0.25) is 0 Å². The molecule has 1 rings (SSSR count). The van der Waals surface area contributed by atoms with Gasteiger partial charge in [0.1, 0.15) is 5.82 Å². The van der Waals surface area contributed by atoms with Crippen molar-refractivity contribution in [2.24, 2.45) is 5.16 Å². The van der Waals surface area contributed by atoms with Crippen LogP contribution in [0.5, 0.6) is 0 Å². The summed E-state index contributed by atoms with van der Waals surface area (Å²) in [6.07, 6.45) is 0. The second-order valence-electron chi connectivity index (χ2n) is 2.71. The smallest absolute Gasteiger partial charge is 0.375 e. The van der Waals surface area contributed by atoms with E-state index in [4.69, 9.17) is 10.3 Å². The van der Waals surface area contributed by atoms with Gasteiger partial charge in [-0.15, -0.1) is 0 Å². The Balaban J connectivity index is 2.80. The summed E-state index contributed by atoms with van der Waals surface area (Å²) in [5, 5.41) is 20.9. The van der Waals surface area contributed by atoms with Crippen molar-refractivity contribution in [2.75, 3.05) is 0 Å². The summed E-state index contributed by atoms with van der Waals surface area (Å²) >= 11 is 0. The minimum atomic E-state index is -1.59. The summed E-state index contributed by atoms with van der Waals surface area (Å²) < 4.78 is 12.5. The minimum absolute atomic E-state index is 0.0452. The van der Waals surface area contributed by atoms with E-state index in [0.29, 0.717) is 0 Å². The number of amidine groups is 1. The Hall–Kier alpha value is -2.44. The van der Waals surface area contributed by atoms with Crippen molar-refractivity contribution in [3.63, 3.8) is 0 Å². The van der Waals surface area contributed by atoms with Crippen molar-refractivity contribution in [3.05, 3.63) is 35.6 Å². The van der Waals surface area contributed by atoms with E-state index < -0.39 is 23.5 Å². The van der Waals surface area contributed by atoms with Crippen molar-refractivity contribution < 1.29 is 24.3 Å². The molecule has 0 bridgehead atoms. The lowest BCUT2D eigenvalue weighted by Gasteiger charge is -2.02. The first kappa shape index (κ1) is 11.6. The van der Waals surface area contributed by atoms with Crippen LogP contribution in [-0.4, -0.2) is 28.0 Å². The first-order chi connectivity index (χ1) is 7.54. The van der Waals surface area contributed by atoms with Crippen molar-refractivity contribution in [2.45, 2.75) is 0 Å². The number of nitrogens with one attached hydrogen (secondary N) is 1. The largest absolute Gasteiger partial charge is 0.475 e. The van der Waals surface area contributed by atoms with Gasteiger partial charge in [0.15, 0.2) is 0 Å². The van der Waals surface area contributed by atoms with Crippen LogP contribution in [0, 0.1) is 5.82 Å². The molecule has 3 N–H and O–H groups in total. The molecule has 0 radical (unpaired) electrons. The number of carbonyl (C=O) groups excluding carboxylic acids is 1. The number of hydrogen-bond acceptors (Lipinski definition) is 4. The number of nitrogens with zero attached hydrogens (tertiary/aromatic N) is 1. The number of oxime groups is 1. The highest BCUT2D eigenvalue weighted by atomic mass is 19.1. The third kappa shape index (κ3) is 2.77. The Morgan fingerprint density at radius 1 is 1.25 bits per heavy atom. The van der Waals surface area contributed by atoms with Gasteiger partial charge in [-0.05, 0) is 24.3 Å². The van der Waals surface area contributed by atoms with Gasteiger partial charge in [-0.25, -0.2) is 9.18 Å². The van der Waals surface area contributed by atoms with E-state index in [1.807, 2.05) is 5.32 Å². The van der Waals surface area contributed by atoms with Crippen molar-refractivity contribution >= 4 is 17.7 Å². The number of carbonyl (C=O) groups is 2. The molecule has 1 aromatic carbocycles. The van der Waals surface area contributed by atoms with E-state index in [1.54, 1.807) is 0 Å². The molecule has 0 aliphatic heterocycles. The molecule has 0 saturated carbocycles. The summed E-state index contributed by atoms with van der Waals surface area (Å²) in [6.45, 7) is 0. The van der Waals surface area contributed by atoms with Gasteiger partial charge in [0.25, 0.3) is 11.7 Å². The summed E-state index contributed by atoms with van der Waals surface area (Å²) in [5.41, 5.74) is 0.0452. The molecule has 0 aliphatic rings. The zero-order valence-electron chi connectivity index (χ0n) is 7.85. The molecule has 84 valence electrons. The molecule has 6 nitrogen and oxygen atoms in total. The predicted octanol–water partition coefficient (Wildman–Crippen LogP) is 0.428. The van der Waals surface area contributed by atoms with Crippen LogP contribution in [-0.2, 0) is 4.79 Å².